The SMILES string of the molecule is CC(SC1CNNN1)C(=O)Nc1ccc2c(c1)OCCCO2. The van der Waals surface area contributed by atoms with Crippen LogP contribution in [0.1, 0.15) is 13.3 Å². The Bertz CT molecular complexity index is 537. The van der Waals surface area contributed by atoms with Crippen LogP contribution in [0.5, 0.6) is 11.5 Å². The molecule has 4 N–H and O–H groups in total. The van der Waals surface area contributed by atoms with Gasteiger partial charge >= 0.3 is 0 Å². The quantitative estimate of drug-likeness (QED) is 0.653. The van der Waals surface area contributed by atoms with Gasteiger partial charge in [-0.3, -0.25) is 4.79 Å². The summed E-state index contributed by atoms with van der Waals surface area (Å²) in [4.78, 5) is 12.3. The first-order chi connectivity index (χ1) is 10.7. The lowest BCUT2D eigenvalue weighted by molar-refractivity contribution is -0.115. The standard InChI is InChI=1S/C14H20N4O3S/c1-9(22-13-8-15-18-17-13)14(19)16-10-3-4-11-12(7-10)21-6-2-5-20-11/h3-4,7,9,13,15,17-18H,2,5-6,8H2,1H3,(H,16,19). The zero-order chi connectivity index (χ0) is 15.4. The van der Waals surface area contributed by atoms with Crippen molar-refractivity contribution < 1.29 is 14.3 Å². The molecule has 8 heteroatoms. The normalized spacial score (nSPS) is 22.0. The molecule has 7 nitrogen and oxygen atoms in total. The summed E-state index contributed by atoms with van der Waals surface area (Å²) < 4.78 is 11.2. The third-order valence-electron chi connectivity index (χ3n) is 3.36. The van der Waals surface area contributed by atoms with Gasteiger partial charge in [0.15, 0.2) is 11.5 Å². The topological polar surface area (TPSA) is 83.7 Å². The first kappa shape index (κ1) is 15.4. The Morgan fingerprint density at radius 2 is 2.18 bits per heavy atom. The number of amides is 1. The highest BCUT2D eigenvalue weighted by atomic mass is 32.2. The van der Waals surface area contributed by atoms with Crippen LogP contribution >= 0.6 is 11.8 Å². The molecule has 3 rings (SSSR count). The third-order valence-corrected chi connectivity index (χ3v) is 4.60. The molecule has 2 aliphatic heterocycles. The fourth-order valence-corrected chi connectivity index (χ4v) is 3.18. The van der Waals surface area contributed by atoms with E-state index in [2.05, 4.69) is 21.7 Å². The van der Waals surface area contributed by atoms with E-state index in [0.29, 0.717) is 19.0 Å². The van der Waals surface area contributed by atoms with Crippen molar-refractivity contribution in [2.45, 2.75) is 24.0 Å². The molecule has 1 aromatic carbocycles. The highest BCUT2D eigenvalue weighted by Gasteiger charge is 2.22. The van der Waals surface area contributed by atoms with Crippen molar-refractivity contribution in [3.05, 3.63) is 18.2 Å². The van der Waals surface area contributed by atoms with E-state index in [1.807, 2.05) is 25.1 Å². The average molecular weight is 324 g/mol. The van der Waals surface area contributed by atoms with Gasteiger partial charge in [0, 0.05) is 24.7 Å². The number of nitrogens with one attached hydrogen (secondary N) is 4. The summed E-state index contributed by atoms with van der Waals surface area (Å²) in [6.45, 7) is 3.95. The Hall–Kier alpha value is -1.48. The molecule has 0 radical (unpaired) electrons. The van der Waals surface area contributed by atoms with Gasteiger partial charge in [-0.25, -0.2) is 10.9 Å². The monoisotopic (exact) mass is 324 g/mol. The highest BCUT2D eigenvalue weighted by Crippen LogP contribution is 2.32. The van der Waals surface area contributed by atoms with Crippen LogP contribution in [0.25, 0.3) is 0 Å². The van der Waals surface area contributed by atoms with Crippen molar-refractivity contribution in [3.8, 4) is 11.5 Å². The number of ether oxygens (including phenoxy) is 2. The molecule has 2 atom stereocenters. The van der Waals surface area contributed by atoms with Crippen molar-refractivity contribution in [3.63, 3.8) is 0 Å². The minimum Gasteiger partial charge on any atom is -0.490 e. The summed E-state index contributed by atoms with van der Waals surface area (Å²) in [5.74, 6) is 1.37. The van der Waals surface area contributed by atoms with Gasteiger partial charge in [0.25, 0.3) is 0 Å². The fourth-order valence-electron chi connectivity index (χ4n) is 2.20. The molecule has 2 unspecified atom stereocenters. The van der Waals surface area contributed by atoms with Gasteiger partial charge < -0.3 is 14.8 Å². The van der Waals surface area contributed by atoms with Crippen molar-refractivity contribution >= 4 is 23.4 Å². The maximum atomic E-state index is 12.3. The molecule has 2 heterocycles. The zero-order valence-corrected chi connectivity index (χ0v) is 13.2. The number of fused-ring (bicyclic) bond motifs is 1. The summed E-state index contributed by atoms with van der Waals surface area (Å²) in [5.41, 5.74) is 9.54. The van der Waals surface area contributed by atoms with E-state index in [4.69, 9.17) is 9.47 Å². The molecule has 0 spiro atoms. The highest BCUT2D eigenvalue weighted by molar-refractivity contribution is 8.01. The van der Waals surface area contributed by atoms with E-state index in [-0.39, 0.29) is 16.5 Å². The maximum Gasteiger partial charge on any atom is 0.237 e. The largest absolute Gasteiger partial charge is 0.490 e. The molecule has 1 amide bonds. The molecule has 2 aliphatic rings. The molecule has 1 saturated heterocycles. The zero-order valence-electron chi connectivity index (χ0n) is 12.3. The molecule has 0 bridgehead atoms. The Labute approximate surface area is 133 Å². The summed E-state index contributed by atoms with van der Waals surface area (Å²) in [7, 11) is 0. The van der Waals surface area contributed by atoms with E-state index in [1.165, 1.54) is 0 Å². The maximum absolute atomic E-state index is 12.3. The van der Waals surface area contributed by atoms with E-state index < -0.39 is 0 Å². The van der Waals surface area contributed by atoms with Crippen LogP contribution in [-0.2, 0) is 4.79 Å². The summed E-state index contributed by atoms with van der Waals surface area (Å²) in [6.07, 6.45) is 0.862. The molecule has 0 aliphatic carbocycles. The van der Waals surface area contributed by atoms with Crippen molar-refractivity contribution in [2.75, 3.05) is 25.1 Å². The lowest BCUT2D eigenvalue weighted by Gasteiger charge is -2.16. The second-order valence-corrected chi connectivity index (χ2v) is 6.67. The molecular formula is C14H20N4O3S. The van der Waals surface area contributed by atoms with Crippen LogP contribution in [0.4, 0.5) is 5.69 Å². The first-order valence-electron chi connectivity index (χ1n) is 7.32. The van der Waals surface area contributed by atoms with Gasteiger partial charge in [0.1, 0.15) is 0 Å². The Kier molecular flexibility index (Phi) is 5.04. The smallest absolute Gasteiger partial charge is 0.237 e. The summed E-state index contributed by atoms with van der Waals surface area (Å²) >= 11 is 1.56. The molecule has 0 saturated carbocycles. The van der Waals surface area contributed by atoms with E-state index in [0.717, 1.165) is 24.4 Å². The number of rotatable bonds is 4. The minimum atomic E-state index is -0.171. The lowest BCUT2D eigenvalue weighted by Crippen LogP contribution is -2.34. The van der Waals surface area contributed by atoms with Gasteiger partial charge in [-0.05, 0) is 19.1 Å². The number of carbonyl (C=O) groups is 1. The van der Waals surface area contributed by atoms with Crippen molar-refractivity contribution in [2.24, 2.45) is 0 Å². The Balaban J connectivity index is 1.59. The minimum absolute atomic E-state index is 0.0341. The van der Waals surface area contributed by atoms with Crippen LogP contribution < -0.4 is 31.2 Å². The van der Waals surface area contributed by atoms with E-state index in [9.17, 15) is 4.79 Å². The Morgan fingerprint density at radius 1 is 1.36 bits per heavy atom. The second kappa shape index (κ2) is 7.19. The molecule has 1 fully saturated rings. The van der Waals surface area contributed by atoms with Gasteiger partial charge in [0.05, 0.1) is 23.8 Å². The van der Waals surface area contributed by atoms with Gasteiger partial charge in [-0.15, -0.1) is 11.8 Å². The number of benzene rings is 1. The van der Waals surface area contributed by atoms with E-state index in [1.54, 1.807) is 11.8 Å². The van der Waals surface area contributed by atoms with Crippen LogP contribution in [0.15, 0.2) is 18.2 Å². The number of anilines is 1. The molecular weight excluding hydrogens is 304 g/mol. The van der Waals surface area contributed by atoms with Crippen molar-refractivity contribution in [1.82, 2.24) is 16.4 Å². The average Bonchev–Trinajstić information content (AvgIpc) is 2.90. The number of thioether (sulfide) groups is 1. The Morgan fingerprint density at radius 3 is 2.95 bits per heavy atom. The lowest BCUT2D eigenvalue weighted by atomic mass is 10.2. The number of hydrazine groups is 2. The van der Waals surface area contributed by atoms with Crippen LogP contribution in [-0.4, -0.2) is 36.3 Å². The van der Waals surface area contributed by atoms with Crippen LogP contribution in [0.2, 0.25) is 0 Å². The van der Waals surface area contributed by atoms with E-state index >= 15 is 0 Å². The molecule has 22 heavy (non-hydrogen) atoms. The van der Waals surface area contributed by atoms with Crippen molar-refractivity contribution in [1.29, 1.82) is 0 Å². The predicted molar refractivity (Wildman–Crippen MR) is 85.8 cm³/mol. The number of carbonyl (C=O) groups excluding carboxylic acids is 1. The van der Waals surface area contributed by atoms with Gasteiger partial charge in [0.2, 0.25) is 5.91 Å². The first-order valence-corrected chi connectivity index (χ1v) is 8.26. The third kappa shape index (κ3) is 3.83. The fraction of sp³-hybridized carbons (Fsp3) is 0.500. The number of hydrogen-bond donors (Lipinski definition) is 4. The molecule has 120 valence electrons. The van der Waals surface area contributed by atoms with Crippen LogP contribution in [0, 0.1) is 0 Å². The second-order valence-electron chi connectivity index (χ2n) is 5.12. The molecule has 0 aromatic heterocycles. The molecule has 1 aromatic rings. The predicted octanol–water partition coefficient (Wildman–Crippen LogP) is 0.847. The number of hydrogen-bond acceptors (Lipinski definition) is 7. The van der Waals surface area contributed by atoms with Gasteiger partial charge in [-0.2, -0.15) is 5.53 Å². The van der Waals surface area contributed by atoms with Gasteiger partial charge in [-0.1, -0.05) is 0 Å². The summed E-state index contributed by atoms with van der Waals surface area (Å²) in [5, 5.41) is 2.92. The van der Waals surface area contributed by atoms with Crippen LogP contribution in [0.3, 0.4) is 0 Å². The summed E-state index contributed by atoms with van der Waals surface area (Å²) in [6, 6.07) is 5.48.